The van der Waals surface area contributed by atoms with Gasteiger partial charge in [-0.2, -0.15) is 12.6 Å². The molecule has 128 valence electrons. The van der Waals surface area contributed by atoms with E-state index in [4.69, 9.17) is 0 Å². The lowest BCUT2D eigenvalue weighted by Crippen LogP contribution is -2.02. The summed E-state index contributed by atoms with van der Waals surface area (Å²) in [5, 5.41) is 1.33. The van der Waals surface area contributed by atoms with Gasteiger partial charge < -0.3 is 4.40 Å². The monoisotopic (exact) mass is 339 g/mol. The summed E-state index contributed by atoms with van der Waals surface area (Å²) in [4.78, 5) is 0. The van der Waals surface area contributed by atoms with Gasteiger partial charge in [-0.25, -0.2) is 0 Å². The number of pyridine rings is 1. The highest BCUT2D eigenvalue weighted by molar-refractivity contribution is 7.80. The Morgan fingerprint density at radius 3 is 2.71 bits per heavy atom. The van der Waals surface area contributed by atoms with Gasteiger partial charge in [0.15, 0.2) is 0 Å². The molecule has 0 aliphatic rings. The largest absolute Gasteiger partial charge is 0.317 e. The molecule has 0 aliphatic carbocycles. The van der Waals surface area contributed by atoms with Crippen LogP contribution in [-0.2, 0) is 6.42 Å². The van der Waals surface area contributed by atoms with E-state index in [9.17, 15) is 0 Å². The van der Waals surface area contributed by atoms with Gasteiger partial charge in [0.1, 0.15) is 0 Å². The Bertz CT molecular complexity index is 796. The zero-order valence-corrected chi connectivity index (χ0v) is 15.9. The van der Waals surface area contributed by atoms with Gasteiger partial charge in [-0.05, 0) is 73.2 Å². The van der Waals surface area contributed by atoms with Crippen LogP contribution in [0.2, 0.25) is 0 Å². The fraction of sp³-hybridized carbons (Fsp3) is 0.455. The second-order valence-corrected chi connectivity index (χ2v) is 7.54. The minimum atomic E-state index is 0.857. The molecule has 0 aliphatic heterocycles. The van der Waals surface area contributed by atoms with Crippen molar-refractivity contribution in [2.45, 2.75) is 52.4 Å². The van der Waals surface area contributed by atoms with E-state index in [2.05, 4.69) is 73.5 Å². The van der Waals surface area contributed by atoms with Gasteiger partial charge in [0.05, 0.1) is 5.52 Å². The molecule has 24 heavy (non-hydrogen) atoms. The minimum Gasteiger partial charge on any atom is -0.317 e. The van der Waals surface area contributed by atoms with Crippen LogP contribution in [0.25, 0.3) is 16.4 Å². The maximum atomic E-state index is 4.41. The normalized spacial score (nSPS) is 13.0. The minimum absolute atomic E-state index is 0.857. The van der Waals surface area contributed by atoms with Crippen molar-refractivity contribution in [3.05, 3.63) is 53.7 Å². The predicted molar refractivity (Wildman–Crippen MR) is 109 cm³/mol. The van der Waals surface area contributed by atoms with Crippen molar-refractivity contribution < 1.29 is 0 Å². The molecule has 0 spiro atoms. The molecule has 0 bridgehead atoms. The highest BCUT2D eigenvalue weighted by atomic mass is 32.1. The fourth-order valence-corrected chi connectivity index (χ4v) is 4.18. The molecule has 2 aromatic heterocycles. The Kier molecular flexibility index (Phi) is 5.89. The van der Waals surface area contributed by atoms with E-state index < -0.39 is 0 Å². The van der Waals surface area contributed by atoms with Crippen LogP contribution in [0.1, 0.15) is 50.2 Å². The molecule has 3 aromatic rings. The average Bonchev–Trinajstić information content (AvgIpc) is 2.92. The van der Waals surface area contributed by atoms with Crippen LogP contribution in [0.15, 0.2) is 42.6 Å². The van der Waals surface area contributed by atoms with E-state index in [1.54, 1.807) is 0 Å². The van der Waals surface area contributed by atoms with Crippen LogP contribution < -0.4 is 0 Å². The van der Waals surface area contributed by atoms with Gasteiger partial charge in [0.2, 0.25) is 0 Å². The van der Waals surface area contributed by atoms with Gasteiger partial charge in [-0.3, -0.25) is 0 Å². The number of hydrogen-bond acceptors (Lipinski definition) is 1. The van der Waals surface area contributed by atoms with Crippen molar-refractivity contribution in [2.24, 2.45) is 5.92 Å². The third kappa shape index (κ3) is 3.97. The molecule has 0 fully saturated rings. The molecule has 0 radical (unpaired) electrons. The number of fused-ring (bicyclic) bond motifs is 3. The number of benzene rings is 1. The van der Waals surface area contributed by atoms with Crippen molar-refractivity contribution in [1.29, 1.82) is 0 Å². The quantitative estimate of drug-likeness (QED) is 0.449. The first-order chi connectivity index (χ1) is 11.7. The van der Waals surface area contributed by atoms with Crippen molar-refractivity contribution in [2.75, 3.05) is 5.75 Å². The van der Waals surface area contributed by atoms with Gasteiger partial charge in [-0.1, -0.05) is 38.3 Å². The average molecular weight is 340 g/mol. The maximum Gasteiger partial charge on any atom is 0.0531 e. The number of hydrogen-bond donors (Lipinski definition) is 1. The zero-order chi connectivity index (χ0) is 16.9. The lowest BCUT2D eigenvalue weighted by Gasteiger charge is -2.14. The van der Waals surface area contributed by atoms with E-state index in [1.807, 2.05) is 0 Å². The number of aromatic nitrogens is 1. The zero-order valence-electron chi connectivity index (χ0n) is 15.0. The molecule has 1 atom stereocenters. The number of rotatable bonds is 8. The molecule has 1 nitrogen and oxygen atoms in total. The second-order valence-electron chi connectivity index (χ2n) is 7.10. The van der Waals surface area contributed by atoms with E-state index in [0.717, 1.165) is 11.7 Å². The topological polar surface area (TPSA) is 4.41 Å². The van der Waals surface area contributed by atoms with E-state index in [1.165, 1.54) is 66.1 Å². The van der Waals surface area contributed by atoms with Crippen LogP contribution in [0.5, 0.6) is 0 Å². The molecule has 1 unspecified atom stereocenters. The molecular formula is C22H29NS. The lowest BCUT2D eigenvalue weighted by molar-refractivity contribution is 0.423. The highest BCUT2D eigenvalue weighted by Gasteiger charge is 2.08. The van der Waals surface area contributed by atoms with Crippen molar-refractivity contribution in [1.82, 2.24) is 4.40 Å². The smallest absolute Gasteiger partial charge is 0.0531 e. The molecule has 2 heteroatoms. The van der Waals surface area contributed by atoms with Crippen LogP contribution in [-0.4, -0.2) is 10.2 Å². The Balaban J connectivity index is 1.70. The predicted octanol–water partition coefficient (Wildman–Crippen LogP) is 6.46. The molecule has 3 rings (SSSR count). The summed E-state index contributed by atoms with van der Waals surface area (Å²) in [5.41, 5.74) is 5.41. The Labute approximate surface area is 151 Å². The van der Waals surface area contributed by atoms with Crippen LogP contribution >= 0.6 is 12.6 Å². The molecule has 0 saturated carbocycles. The second kappa shape index (κ2) is 8.11. The summed E-state index contributed by atoms with van der Waals surface area (Å²) in [6, 6.07) is 13.7. The molecule has 2 heterocycles. The summed E-state index contributed by atoms with van der Waals surface area (Å²) in [7, 11) is 0. The summed E-state index contributed by atoms with van der Waals surface area (Å²) < 4.78 is 2.31. The Morgan fingerprint density at radius 2 is 1.92 bits per heavy atom. The third-order valence-corrected chi connectivity index (χ3v) is 5.37. The Hall–Kier alpha value is -1.41. The standard InChI is InChI=1S/C22H29NS/c1-3-5-18(11-13-24)6-4-7-19-10-12-23-21(15-19)16-20-9-8-17(2)14-22(20)23/h8-10,12,14-16,18,24H,3-7,11,13H2,1-2H3. The summed E-state index contributed by atoms with van der Waals surface area (Å²) >= 11 is 4.41. The van der Waals surface area contributed by atoms with E-state index >= 15 is 0 Å². The van der Waals surface area contributed by atoms with Crippen molar-refractivity contribution in [3.63, 3.8) is 0 Å². The number of nitrogens with zero attached hydrogens (tertiary/aromatic N) is 1. The molecule has 0 N–H and O–H groups in total. The highest BCUT2D eigenvalue weighted by Crippen LogP contribution is 2.24. The van der Waals surface area contributed by atoms with E-state index in [0.29, 0.717) is 0 Å². The van der Waals surface area contributed by atoms with Crippen LogP contribution in [0.3, 0.4) is 0 Å². The molecule has 1 aromatic carbocycles. The number of aryl methyl sites for hydroxylation is 2. The maximum absolute atomic E-state index is 4.41. The van der Waals surface area contributed by atoms with Gasteiger partial charge in [0.25, 0.3) is 0 Å². The number of thiol groups is 1. The SMILES string of the molecule is CCCC(CCS)CCCc1ccn2c(c1)cc1ccc(C)cc12. The van der Waals surface area contributed by atoms with Crippen molar-refractivity contribution >= 4 is 29.0 Å². The van der Waals surface area contributed by atoms with Gasteiger partial charge in [-0.15, -0.1) is 0 Å². The van der Waals surface area contributed by atoms with Gasteiger partial charge >= 0.3 is 0 Å². The van der Waals surface area contributed by atoms with Crippen LogP contribution in [0.4, 0.5) is 0 Å². The molecule has 0 amide bonds. The fourth-order valence-electron chi connectivity index (χ4n) is 3.81. The first-order valence-electron chi connectivity index (χ1n) is 9.32. The first-order valence-corrected chi connectivity index (χ1v) is 9.95. The summed E-state index contributed by atoms with van der Waals surface area (Å²) in [5.74, 6) is 1.88. The Morgan fingerprint density at radius 1 is 1.04 bits per heavy atom. The summed E-state index contributed by atoms with van der Waals surface area (Å²) in [6.07, 6.45) is 9.95. The van der Waals surface area contributed by atoms with Crippen molar-refractivity contribution in [3.8, 4) is 0 Å². The summed E-state index contributed by atoms with van der Waals surface area (Å²) in [6.45, 7) is 4.45. The van der Waals surface area contributed by atoms with Gasteiger partial charge in [0, 0.05) is 17.1 Å². The third-order valence-electron chi connectivity index (χ3n) is 5.11. The molecular weight excluding hydrogens is 310 g/mol. The lowest BCUT2D eigenvalue weighted by atomic mass is 9.93. The molecule has 0 saturated heterocycles. The van der Waals surface area contributed by atoms with Crippen LogP contribution in [0, 0.1) is 12.8 Å². The first kappa shape index (κ1) is 17.4. The van der Waals surface area contributed by atoms with E-state index in [-0.39, 0.29) is 0 Å².